The molecule has 0 spiro atoms. The summed E-state index contributed by atoms with van der Waals surface area (Å²) >= 11 is 0. The number of nitrogens with zero attached hydrogens (tertiary/aromatic N) is 4. The van der Waals surface area contributed by atoms with Gasteiger partial charge in [0, 0.05) is 24.1 Å². The molecule has 3 aromatic rings. The highest BCUT2D eigenvalue weighted by molar-refractivity contribution is 6.02. The molecule has 0 atom stereocenters. The number of hydrogen-bond acceptors (Lipinski definition) is 6. The van der Waals surface area contributed by atoms with E-state index in [0.29, 0.717) is 23.6 Å². The molecule has 2 amide bonds. The maximum atomic E-state index is 12.3. The second-order valence-electron chi connectivity index (χ2n) is 6.70. The average molecular weight is 389 g/mol. The molecule has 0 fully saturated rings. The van der Waals surface area contributed by atoms with Gasteiger partial charge < -0.3 is 9.84 Å². The normalized spacial score (nSPS) is 13.9. The van der Waals surface area contributed by atoms with Gasteiger partial charge in [-0.1, -0.05) is 53.2 Å². The van der Waals surface area contributed by atoms with Gasteiger partial charge in [-0.15, -0.1) is 0 Å². The van der Waals surface area contributed by atoms with E-state index >= 15 is 0 Å². The molecule has 1 N–H and O–H groups in total. The number of hydrogen-bond donors (Lipinski definition) is 1. The summed E-state index contributed by atoms with van der Waals surface area (Å²) in [6, 6.07) is 16.8. The minimum absolute atomic E-state index is 0.185. The van der Waals surface area contributed by atoms with Gasteiger partial charge in [0.25, 0.3) is 5.89 Å². The number of amides is 2. The number of carbonyl (C=O) groups is 2. The van der Waals surface area contributed by atoms with Crippen LogP contribution >= 0.6 is 0 Å². The quantitative estimate of drug-likeness (QED) is 0.723. The maximum absolute atomic E-state index is 12.3. The van der Waals surface area contributed by atoms with E-state index in [1.807, 2.05) is 61.5 Å². The number of anilines is 1. The van der Waals surface area contributed by atoms with Crippen LogP contribution in [0.1, 0.15) is 24.3 Å². The Bertz CT molecular complexity index is 1060. The van der Waals surface area contributed by atoms with Crippen molar-refractivity contribution in [2.24, 2.45) is 5.10 Å². The lowest BCUT2D eigenvalue weighted by Crippen LogP contribution is -2.38. The summed E-state index contributed by atoms with van der Waals surface area (Å²) in [5.41, 5.74) is 3.07. The van der Waals surface area contributed by atoms with E-state index in [-0.39, 0.29) is 30.7 Å². The number of nitrogens with one attached hydrogen (secondary N) is 1. The fourth-order valence-corrected chi connectivity index (χ4v) is 2.90. The zero-order valence-electron chi connectivity index (χ0n) is 15.8. The molecular formula is C21H19N5O3. The maximum Gasteiger partial charge on any atom is 0.274 e. The zero-order valence-corrected chi connectivity index (χ0v) is 15.8. The summed E-state index contributed by atoms with van der Waals surface area (Å²) in [5, 5.41) is 12.2. The Morgan fingerprint density at radius 2 is 1.86 bits per heavy atom. The van der Waals surface area contributed by atoms with Crippen molar-refractivity contribution in [2.45, 2.75) is 19.8 Å². The number of hydrazone groups is 1. The molecule has 4 rings (SSSR count). The first-order valence-corrected chi connectivity index (χ1v) is 9.22. The van der Waals surface area contributed by atoms with Crippen molar-refractivity contribution in [1.29, 1.82) is 0 Å². The number of aryl methyl sites for hydroxylation is 1. The van der Waals surface area contributed by atoms with Crippen molar-refractivity contribution < 1.29 is 14.1 Å². The molecule has 1 aliphatic heterocycles. The van der Waals surface area contributed by atoms with E-state index in [9.17, 15) is 9.59 Å². The van der Waals surface area contributed by atoms with Gasteiger partial charge in [0.15, 0.2) is 0 Å². The number of carbonyl (C=O) groups excluding carboxylic acids is 2. The summed E-state index contributed by atoms with van der Waals surface area (Å²) < 4.78 is 5.32. The largest absolute Gasteiger partial charge is 0.332 e. The van der Waals surface area contributed by atoms with Crippen LogP contribution in [0.3, 0.4) is 0 Å². The highest BCUT2D eigenvalue weighted by Crippen LogP contribution is 2.19. The van der Waals surface area contributed by atoms with Crippen LogP contribution < -0.4 is 5.32 Å². The van der Waals surface area contributed by atoms with E-state index in [0.717, 1.165) is 16.1 Å². The molecule has 8 heteroatoms. The van der Waals surface area contributed by atoms with Crippen LogP contribution in [0, 0.1) is 6.92 Å². The van der Waals surface area contributed by atoms with Crippen LogP contribution in [0.25, 0.3) is 11.4 Å². The van der Waals surface area contributed by atoms with Gasteiger partial charge in [-0.25, -0.2) is 5.01 Å². The highest BCUT2D eigenvalue weighted by Gasteiger charge is 2.26. The third-order valence-corrected chi connectivity index (χ3v) is 4.44. The SMILES string of the molecule is Cc1ccc(NC(=O)CN2N=C(c3nc(-c4ccccc4)no3)CCC2=O)cc1. The summed E-state index contributed by atoms with van der Waals surface area (Å²) in [7, 11) is 0. The number of aromatic nitrogens is 2. The predicted octanol–water partition coefficient (Wildman–Crippen LogP) is 3.01. The third-order valence-electron chi connectivity index (χ3n) is 4.44. The molecule has 0 bridgehead atoms. The van der Waals surface area contributed by atoms with Crippen molar-refractivity contribution in [3.8, 4) is 11.4 Å². The lowest BCUT2D eigenvalue weighted by atomic mass is 10.1. The summed E-state index contributed by atoms with van der Waals surface area (Å²) in [6.45, 7) is 1.78. The smallest absolute Gasteiger partial charge is 0.274 e. The Balaban J connectivity index is 1.47. The highest BCUT2D eigenvalue weighted by atomic mass is 16.5. The van der Waals surface area contributed by atoms with Crippen molar-refractivity contribution in [1.82, 2.24) is 15.1 Å². The van der Waals surface area contributed by atoms with Gasteiger partial charge in [-0.2, -0.15) is 10.1 Å². The summed E-state index contributed by atoms with van der Waals surface area (Å²) in [6.07, 6.45) is 0.602. The molecule has 0 saturated heterocycles. The lowest BCUT2D eigenvalue weighted by Gasteiger charge is -2.21. The molecule has 0 aliphatic carbocycles. The third kappa shape index (κ3) is 4.37. The molecule has 146 valence electrons. The zero-order chi connectivity index (χ0) is 20.2. The molecule has 2 heterocycles. The molecule has 0 radical (unpaired) electrons. The average Bonchev–Trinajstić information content (AvgIpc) is 3.22. The first kappa shape index (κ1) is 18.5. The predicted molar refractivity (Wildman–Crippen MR) is 107 cm³/mol. The van der Waals surface area contributed by atoms with E-state index < -0.39 is 0 Å². The fourth-order valence-electron chi connectivity index (χ4n) is 2.90. The van der Waals surface area contributed by atoms with Crippen LogP contribution in [-0.2, 0) is 9.59 Å². The second kappa shape index (κ2) is 8.05. The van der Waals surface area contributed by atoms with Gasteiger partial charge >= 0.3 is 0 Å². The van der Waals surface area contributed by atoms with Gasteiger partial charge in [0.1, 0.15) is 12.3 Å². The molecule has 1 aromatic heterocycles. The molecule has 0 unspecified atom stereocenters. The Kier molecular flexibility index (Phi) is 5.15. The molecule has 8 nitrogen and oxygen atoms in total. The number of benzene rings is 2. The Hall–Kier alpha value is -3.81. The lowest BCUT2D eigenvalue weighted by molar-refractivity contribution is -0.135. The Labute approximate surface area is 167 Å². The second-order valence-corrected chi connectivity index (χ2v) is 6.70. The summed E-state index contributed by atoms with van der Waals surface area (Å²) in [5.74, 6) is 0.141. The van der Waals surface area contributed by atoms with Crippen LogP contribution in [0.2, 0.25) is 0 Å². The molecule has 0 saturated carbocycles. The minimum Gasteiger partial charge on any atom is -0.332 e. The van der Waals surface area contributed by atoms with E-state index in [1.165, 1.54) is 0 Å². The Morgan fingerprint density at radius 3 is 2.62 bits per heavy atom. The molecule has 29 heavy (non-hydrogen) atoms. The Morgan fingerprint density at radius 1 is 1.10 bits per heavy atom. The monoisotopic (exact) mass is 389 g/mol. The van der Waals surface area contributed by atoms with Gasteiger partial charge in [0.2, 0.25) is 17.6 Å². The van der Waals surface area contributed by atoms with Crippen molar-refractivity contribution in [3.05, 3.63) is 66.1 Å². The standard InChI is InChI=1S/C21H19N5O3/c1-14-7-9-16(10-8-14)22-18(27)13-26-19(28)12-11-17(24-26)21-23-20(25-29-21)15-5-3-2-4-6-15/h2-10H,11-13H2,1H3,(H,22,27). The van der Waals surface area contributed by atoms with Crippen molar-refractivity contribution in [3.63, 3.8) is 0 Å². The molecular weight excluding hydrogens is 370 g/mol. The first-order valence-electron chi connectivity index (χ1n) is 9.22. The fraction of sp³-hybridized carbons (Fsp3) is 0.190. The van der Waals surface area contributed by atoms with Gasteiger partial charge in [0.05, 0.1) is 0 Å². The van der Waals surface area contributed by atoms with Crippen LogP contribution in [0.15, 0.2) is 64.2 Å². The molecule has 1 aliphatic rings. The summed E-state index contributed by atoms with van der Waals surface area (Å²) in [4.78, 5) is 28.9. The van der Waals surface area contributed by atoms with E-state index in [4.69, 9.17) is 4.52 Å². The van der Waals surface area contributed by atoms with Crippen LogP contribution in [-0.4, -0.2) is 39.2 Å². The minimum atomic E-state index is -0.331. The number of rotatable bonds is 5. The van der Waals surface area contributed by atoms with Gasteiger partial charge in [-0.05, 0) is 19.1 Å². The van der Waals surface area contributed by atoms with E-state index in [2.05, 4.69) is 20.6 Å². The van der Waals surface area contributed by atoms with Crippen molar-refractivity contribution in [2.75, 3.05) is 11.9 Å². The van der Waals surface area contributed by atoms with Crippen LogP contribution in [0.5, 0.6) is 0 Å². The first-order chi connectivity index (χ1) is 14.1. The molecule has 2 aromatic carbocycles. The van der Waals surface area contributed by atoms with Crippen LogP contribution in [0.4, 0.5) is 5.69 Å². The van der Waals surface area contributed by atoms with Crippen molar-refractivity contribution >= 4 is 23.2 Å². The van der Waals surface area contributed by atoms with Gasteiger partial charge in [-0.3, -0.25) is 9.59 Å². The van der Waals surface area contributed by atoms with E-state index in [1.54, 1.807) is 0 Å². The topological polar surface area (TPSA) is 101 Å².